The number of carboxylic acid groups (broad SMARTS) is 1. The molecule has 12 atom stereocenters. The van der Waals surface area contributed by atoms with Gasteiger partial charge in [0, 0.05) is 42.9 Å². The summed E-state index contributed by atoms with van der Waals surface area (Å²) in [5.74, 6) is -6.01. The standard InChI is InChI=1S/C44H66N4O15S2/c1-24(2)60-38-42(62-35(20-52)37(53)44(38,57)58)63-41-30(15-25-7-4-3-5-8-25)29-11-9-26-16-48(17-31(39(54)55)36(26)47-43(45)46-13-6-14-49)28(19-51)22-64-65-23-33-27(18-50)10-12-34(33)61-40(56)32(29)21-59-41/h9,11,15,17,21,24,27-30,33-35,37-38,41-42,49-53,57-58H,3-8,10,12-14,16,18-20,22-23H2,1-2H3,(H,54,55)(H3,45,46,47)/p+1. The van der Waals surface area contributed by atoms with Gasteiger partial charge in [0.15, 0.2) is 18.4 Å². The number of carbonyl (C=O) groups is 2. The molecule has 2 aliphatic carbocycles. The highest BCUT2D eigenvalue weighted by Crippen LogP contribution is 2.43. The SMILES string of the molecule is CC(C)OC1C(OC2OC=C3C(=O)OC4CCC(CO)C4CSSCC(CO)[NH+]4C=C(C(=O)O)C(NC(N)=NCCCO)=C(C=CC3C2C=C2CCCCC2)C4)OC(CO)C(O)C1(O)O. The Morgan fingerprint density at radius 2 is 1.83 bits per heavy atom. The van der Waals surface area contributed by atoms with Crippen LogP contribution in [0, 0.1) is 23.7 Å². The molecule has 0 radical (unpaired) electrons. The second-order valence-corrected chi connectivity index (χ2v) is 20.2. The van der Waals surface area contributed by atoms with Gasteiger partial charge in [0.2, 0.25) is 12.1 Å². The number of fused-ring (bicyclic) bond motifs is 4. The number of aliphatic imine (C=N–C) groups is 1. The third kappa shape index (κ3) is 12.6. The van der Waals surface area contributed by atoms with E-state index in [0.717, 1.165) is 37.7 Å². The minimum absolute atomic E-state index is 0.0836. The maximum absolute atomic E-state index is 14.7. The number of ether oxygens (including phenoxy) is 5. The number of carbonyl (C=O) groups excluding carboxylic acids is 1. The van der Waals surface area contributed by atoms with Crippen molar-refractivity contribution in [3.63, 3.8) is 0 Å². The molecule has 0 amide bonds. The number of aliphatic hydroxyl groups is 7. The van der Waals surface area contributed by atoms with Gasteiger partial charge >= 0.3 is 11.9 Å². The van der Waals surface area contributed by atoms with Crippen molar-refractivity contribution in [1.82, 2.24) is 5.32 Å². The number of aliphatic hydroxyl groups excluding tert-OH is 5. The summed E-state index contributed by atoms with van der Waals surface area (Å²) in [4.78, 5) is 32.6. The average Bonchev–Trinajstić information content (AvgIpc) is 3.67. The van der Waals surface area contributed by atoms with E-state index in [0.29, 0.717) is 41.2 Å². The monoisotopic (exact) mass is 955 g/mol. The first-order valence-electron chi connectivity index (χ1n) is 22.5. The van der Waals surface area contributed by atoms with Crippen molar-refractivity contribution >= 4 is 39.5 Å². The summed E-state index contributed by atoms with van der Waals surface area (Å²) in [7, 11) is 3.05. The van der Waals surface area contributed by atoms with Crippen LogP contribution in [0.3, 0.4) is 0 Å². The predicted octanol–water partition coefficient (Wildman–Crippen LogP) is -0.431. The van der Waals surface area contributed by atoms with Crippen LogP contribution >= 0.6 is 21.6 Å². The molecule has 0 aromatic heterocycles. The lowest BCUT2D eigenvalue weighted by Crippen LogP contribution is -3.13. The molecule has 0 spiro atoms. The summed E-state index contributed by atoms with van der Waals surface area (Å²) in [6.07, 6.45) is 4.89. The summed E-state index contributed by atoms with van der Waals surface area (Å²) >= 11 is 0. The van der Waals surface area contributed by atoms with Crippen LogP contribution in [0.5, 0.6) is 0 Å². The molecule has 2 bridgehead atoms. The molecule has 0 aromatic rings. The first-order chi connectivity index (χ1) is 31.2. The van der Waals surface area contributed by atoms with Crippen LogP contribution in [-0.2, 0) is 33.3 Å². The Labute approximate surface area is 386 Å². The molecule has 19 nitrogen and oxygen atoms in total. The van der Waals surface area contributed by atoms with Crippen LogP contribution in [0.25, 0.3) is 0 Å². The summed E-state index contributed by atoms with van der Waals surface area (Å²) in [6, 6.07) is -0.441. The fourth-order valence-electron chi connectivity index (χ4n) is 9.28. The fourth-order valence-corrected chi connectivity index (χ4v) is 12.1. The molecule has 4 aliphatic heterocycles. The molecule has 3 fully saturated rings. The second-order valence-electron chi connectivity index (χ2n) is 17.7. The number of aliphatic carboxylic acids is 1. The number of nitrogens with two attached hydrogens (primary N) is 1. The quantitative estimate of drug-likeness (QED) is 0.0212. The minimum atomic E-state index is -2.93. The van der Waals surface area contributed by atoms with Gasteiger partial charge in [-0.15, -0.1) is 0 Å². The highest BCUT2D eigenvalue weighted by molar-refractivity contribution is 8.76. The number of nitrogens with one attached hydrogen (secondary N) is 2. The molecule has 12 unspecified atom stereocenters. The third-order valence-electron chi connectivity index (χ3n) is 12.9. The van der Waals surface area contributed by atoms with Gasteiger partial charge in [-0.2, -0.15) is 0 Å². The van der Waals surface area contributed by atoms with Crippen LogP contribution in [0.2, 0.25) is 0 Å². The van der Waals surface area contributed by atoms with Crippen molar-refractivity contribution in [3.8, 4) is 0 Å². The van der Waals surface area contributed by atoms with E-state index in [1.165, 1.54) is 27.8 Å². The van der Waals surface area contributed by atoms with Gasteiger partial charge in [0.05, 0.1) is 48.5 Å². The van der Waals surface area contributed by atoms with Gasteiger partial charge in [-0.1, -0.05) is 51.8 Å². The molecule has 4 heterocycles. The van der Waals surface area contributed by atoms with E-state index in [4.69, 9.17) is 29.4 Å². The Morgan fingerprint density at radius 3 is 2.51 bits per heavy atom. The number of guanidine groups is 1. The molecule has 12 N–H and O–H groups in total. The molecular weight excluding hydrogens is 889 g/mol. The van der Waals surface area contributed by atoms with E-state index in [1.807, 2.05) is 6.08 Å². The lowest BCUT2D eigenvalue weighted by molar-refractivity contribution is -0.867. The first kappa shape index (κ1) is 51.4. The zero-order valence-corrected chi connectivity index (χ0v) is 38.5. The topological polar surface area (TPSA) is 297 Å². The van der Waals surface area contributed by atoms with Crippen LogP contribution in [0.15, 0.2) is 63.7 Å². The summed E-state index contributed by atoms with van der Waals surface area (Å²) < 4.78 is 31.0. The van der Waals surface area contributed by atoms with E-state index in [-0.39, 0.29) is 67.5 Å². The fraction of sp³-hybridized carbons (Fsp3) is 0.705. The van der Waals surface area contributed by atoms with Gasteiger partial charge in [-0.3, -0.25) is 9.89 Å². The number of esters is 1. The number of nitrogens with zero attached hydrogens (tertiary/aromatic N) is 1. The Kier molecular flexibility index (Phi) is 18.8. The van der Waals surface area contributed by atoms with E-state index < -0.39 is 85.3 Å². The van der Waals surface area contributed by atoms with Crippen LogP contribution in [0.1, 0.15) is 65.2 Å². The Bertz CT molecular complexity index is 1830. The summed E-state index contributed by atoms with van der Waals surface area (Å²) in [6.45, 7) is 2.40. The summed E-state index contributed by atoms with van der Waals surface area (Å²) in [5.41, 5.74) is 7.94. The molecule has 364 valence electrons. The van der Waals surface area contributed by atoms with E-state index in [1.54, 1.807) is 32.2 Å². The second kappa shape index (κ2) is 23.8. The smallest absolute Gasteiger partial charge is 0.343 e. The highest BCUT2D eigenvalue weighted by Gasteiger charge is 2.58. The zero-order valence-electron chi connectivity index (χ0n) is 36.9. The Balaban J connectivity index is 1.51. The number of quaternary nitrogens is 1. The normalized spacial score (nSPS) is 34.8. The van der Waals surface area contributed by atoms with Crippen molar-refractivity contribution in [2.24, 2.45) is 34.4 Å². The minimum Gasteiger partial charge on any atom is -0.477 e. The summed E-state index contributed by atoms with van der Waals surface area (Å²) in [5, 5.41) is 87.5. The zero-order chi connectivity index (χ0) is 46.8. The van der Waals surface area contributed by atoms with Crippen molar-refractivity contribution < 1.29 is 79.0 Å². The number of hydrogen-bond donors (Lipinski definition) is 11. The van der Waals surface area contributed by atoms with E-state index in [2.05, 4.69) is 10.3 Å². The molecule has 2 saturated carbocycles. The number of rotatable bonds is 13. The van der Waals surface area contributed by atoms with Crippen LogP contribution in [0.4, 0.5) is 0 Å². The van der Waals surface area contributed by atoms with Gasteiger partial charge in [0.1, 0.15) is 42.7 Å². The lowest BCUT2D eigenvalue weighted by atomic mass is 9.80. The third-order valence-corrected chi connectivity index (χ3v) is 15.4. The van der Waals surface area contributed by atoms with Crippen molar-refractivity contribution in [1.29, 1.82) is 0 Å². The van der Waals surface area contributed by atoms with Gasteiger partial charge in [-0.25, -0.2) is 9.59 Å². The molecule has 0 aromatic carbocycles. The predicted molar refractivity (Wildman–Crippen MR) is 239 cm³/mol. The Hall–Kier alpha value is -3.03. The highest BCUT2D eigenvalue weighted by atomic mass is 33.1. The largest absolute Gasteiger partial charge is 0.477 e. The lowest BCUT2D eigenvalue weighted by Gasteiger charge is -2.48. The van der Waals surface area contributed by atoms with Crippen molar-refractivity contribution in [2.45, 2.75) is 120 Å². The van der Waals surface area contributed by atoms with Gasteiger partial charge in [0.25, 0.3) is 0 Å². The van der Waals surface area contributed by atoms with E-state index >= 15 is 0 Å². The Morgan fingerprint density at radius 1 is 1.08 bits per heavy atom. The van der Waals surface area contributed by atoms with Gasteiger partial charge < -0.3 is 75.6 Å². The van der Waals surface area contributed by atoms with Crippen LogP contribution < -0.4 is 16.0 Å². The first-order valence-corrected chi connectivity index (χ1v) is 25.0. The molecule has 21 heteroatoms. The van der Waals surface area contributed by atoms with Crippen molar-refractivity contribution in [3.05, 3.63) is 58.7 Å². The number of carboxylic acids is 1. The average molecular weight is 956 g/mol. The maximum atomic E-state index is 14.7. The molecule has 6 rings (SSSR count). The molecule has 65 heavy (non-hydrogen) atoms. The number of allylic oxidation sites excluding steroid dienone is 2. The molecule has 1 saturated heterocycles. The van der Waals surface area contributed by atoms with Crippen LogP contribution in [-0.4, -0.2) is 165 Å². The number of hydrogen-bond acceptors (Lipinski definition) is 17. The van der Waals surface area contributed by atoms with Crippen molar-refractivity contribution in [2.75, 3.05) is 51.0 Å². The molecule has 6 aliphatic rings. The molecular formula is C44H67N4O15S2+. The maximum Gasteiger partial charge on any atom is 0.343 e. The van der Waals surface area contributed by atoms with E-state index in [9.17, 15) is 50.4 Å². The van der Waals surface area contributed by atoms with Gasteiger partial charge in [-0.05, 0) is 64.7 Å².